The molecular formula is C7H13ClN2O3. The van der Waals surface area contributed by atoms with Crippen molar-refractivity contribution in [1.29, 1.82) is 0 Å². The smallest absolute Gasteiger partial charge is 0.320 e. The van der Waals surface area contributed by atoms with Crippen LogP contribution in [0, 0.1) is 5.92 Å². The summed E-state index contributed by atoms with van der Waals surface area (Å²) in [7, 11) is 0. The second-order valence-electron chi connectivity index (χ2n) is 2.96. The Morgan fingerprint density at radius 3 is 2.77 bits per heavy atom. The highest BCUT2D eigenvalue weighted by Gasteiger charge is 2.28. The van der Waals surface area contributed by atoms with Crippen molar-refractivity contribution >= 4 is 24.3 Å². The fourth-order valence-electron chi connectivity index (χ4n) is 1.28. The molecule has 0 aliphatic carbocycles. The van der Waals surface area contributed by atoms with Crippen molar-refractivity contribution in [3.63, 3.8) is 0 Å². The number of carbonyl (C=O) groups is 2. The topological polar surface area (TPSA) is 92.4 Å². The number of amides is 1. The SMILES string of the molecule is Cl.NC(CC1CCNC1=O)C(=O)O. The summed E-state index contributed by atoms with van der Waals surface area (Å²) in [5.41, 5.74) is 5.28. The van der Waals surface area contributed by atoms with E-state index in [1.807, 2.05) is 0 Å². The Kier molecular flexibility index (Phi) is 4.72. The number of hydrogen-bond acceptors (Lipinski definition) is 3. The Bertz CT molecular complexity index is 210. The Morgan fingerprint density at radius 2 is 2.38 bits per heavy atom. The van der Waals surface area contributed by atoms with Crippen LogP contribution in [0.4, 0.5) is 0 Å². The van der Waals surface area contributed by atoms with Gasteiger partial charge in [0.15, 0.2) is 0 Å². The van der Waals surface area contributed by atoms with Gasteiger partial charge in [0.05, 0.1) is 0 Å². The number of rotatable bonds is 3. The molecule has 0 radical (unpaired) electrons. The van der Waals surface area contributed by atoms with E-state index in [1.54, 1.807) is 0 Å². The van der Waals surface area contributed by atoms with E-state index < -0.39 is 12.0 Å². The standard InChI is InChI=1S/C7H12N2O3.ClH/c8-5(7(11)12)3-4-1-2-9-6(4)10;/h4-5H,1-3,8H2,(H,9,10)(H,11,12);1H. The van der Waals surface area contributed by atoms with Crippen LogP contribution in [0.2, 0.25) is 0 Å². The number of nitrogens with one attached hydrogen (secondary N) is 1. The average molecular weight is 209 g/mol. The first-order chi connectivity index (χ1) is 5.61. The number of carboxylic acid groups (broad SMARTS) is 1. The summed E-state index contributed by atoms with van der Waals surface area (Å²) in [6.07, 6.45) is 0.932. The number of aliphatic carboxylic acids is 1. The van der Waals surface area contributed by atoms with E-state index in [9.17, 15) is 9.59 Å². The highest BCUT2D eigenvalue weighted by molar-refractivity contribution is 5.85. The van der Waals surface area contributed by atoms with Gasteiger partial charge in [-0.2, -0.15) is 0 Å². The van der Waals surface area contributed by atoms with Crippen molar-refractivity contribution in [2.24, 2.45) is 11.7 Å². The first kappa shape index (κ1) is 12.2. The molecule has 5 nitrogen and oxygen atoms in total. The molecule has 1 saturated heterocycles. The van der Waals surface area contributed by atoms with Gasteiger partial charge >= 0.3 is 5.97 Å². The molecule has 0 spiro atoms. The van der Waals surface area contributed by atoms with Gasteiger partial charge in [0.1, 0.15) is 6.04 Å². The van der Waals surface area contributed by atoms with Crippen LogP contribution in [0.3, 0.4) is 0 Å². The fourth-order valence-corrected chi connectivity index (χ4v) is 1.28. The lowest BCUT2D eigenvalue weighted by Crippen LogP contribution is -2.34. The van der Waals surface area contributed by atoms with Crippen molar-refractivity contribution in [2.75, 3.05) is 6.54 Å². The van der Waals surface area contributed by atoms with Crippen molar-refractivity contribution in [3.8, 4) is 0 Å². The summed E-state index contributed by atoms with van der Waals surface area (Å²) in [5, 5.41) is 11.1. The maximum absolute atomic E-state index is 11.0. The van der Waals surface area contributed by atoms with Gasteiger partial charge in [-0.3, -0.25) is 9.59 Å². The molecule has 4 N–H and O–H groups in total. The minimum Gasteiger partial charge on any atom is -0.480 e. The molecule has 1 amide bonds. The molecule has 0 aromatic rings. The summed E-state index contributed by atoms with van der Waals surface area (Å²) in [5.74, 6) is -1.34. The van der Waals surface area contributed by atoms with Crippen LogP contribution < -0.4 is 11.1 Å². The van der Waals surface area contributed by atoms with Crippen molar-refractivity contribution in [1.82, 2.24) is 5.32 Å². The van der Waals surface area contributed by atoms with Gasteiger partial charge in [-0.1, -0.05) is 0 Å². The third-order valence-corrected chi connectivity index (χ3v) is 2.02. The average Bonchev–Trinajstić information content (AvgIpc) is 2.36. The van der Waals surface area contributed by atoms with E-state index in [0.29, 0.717) is 13.0 Å². The third kappa shape index (κ3) is 3.20. The van der Waals surface area contributed by atoms with E-state index in [1.165, 1.54) is 0 Å². The molecule has 6 heteroatoms. The zero-order valence-electron chi connectivity index (χ0n) is 7.03. The third-order valence-electron chi connectivity index (χ3n) is 2.02. The second-order valence-corrected chi connectivity index (χ2v) is 2.96. The predicted molar refractivity (Wildman–Crippen MR) is 48.6 cm³/mol. The quantitative estimate of drug-likeness (QED) is 0.575. The lowest BCUT2D eigenvalue weighted by molar-refractivity contribution is -0.139. The van der Waals surface area contributed by atoms with Crippen LogP contribution in [0.5, 0.6) is 0 Å². The summed E-state index contributed by atoms with van der Waals surface area (Å²) in [6, 6.07) is -0.918. The molecule has 1 heterocycles. The van der Waals surface area contributed by atoms with Gasteiger partial charge < -0.3 is 16.2 Å². The Balaban J connectivity index is 0.00000144. The molecule has 2 unspecified atom stereocenters. The van der Waals surface area contributed by atoms with Crippen LogP contribution in [-0.2, 0) is 9.59 Å². The maximum Gasteiger partial charge on any atom is 0.320 e. The van der Waals surface area contributed by atoms with Crippen molar-refractivity contribution in [3.05, 3.63) is 0 Å². The summed E-state index contributed by atoms with van der Waals surface area (Å²) >= 11 is 0. The molecule has 0 aromatic carbocycles. The zero-order chi connectivity index (χ0) is 9.14. The van der Waals surface area contributed by atoms with E-state index in [2.05, 4.69) is 5.32 Å². The van der Waals surface area contributed by atoms with E-state index in [4.69, 9.17) is 10.8 Å². The molecule has 1 aliphatic heterocycles. The van der Waals surface area contributed by atoms with Gasteiger partial charge in [-0.15, -0.1) is 12.4 Å². The van der Waals surface area contributed by atoms with Crippen LogP contribution >= 0.6 is 12.4 Å². The molecule has 13 heavy (non-hydrogen) atoms. The first-order valence-corrected chi connectivity index (χ1v) is 3.87. The van der Waals surface area contributed by atoms with Crippen molar-refractivity contribution in [2.45, 2.75) is 18.9 Å². The van der Waals surface area contributed by atoms with Crippen LogP contribution in [0.25, 0.3) is 0 Å². The number of carbonyl (C=O) groups excluding carboxylic acids is 1. The van der Waals surface area contributed by atoms with Crippen molar-refractivity contribution < 1.29 is 14.7 Å². The van der Waals surface area contributed by atoms with Gasteiger partial charge in [-0.05, 0) is 12.8 Å². The van der Waals surface area contributed by atoms with Crippen LogP contribution in [0.1, 0.15) is 12.8 Å². The summed E-state index contributed by atoms with van der Waals surface area (Å²) < 4.78 is 0. The lowest BCUT2D eigenvalue weighted by atomic mass is 9.99. The largest absolute Gasteiger partial charge is 0.480 e. The maximum atomic E-state index is 11.0. The zero-order valence-corrected chi connectivity index (χ0v) is 7.84. The molecule has 1 rings (SSSR count). The molecule has 0 aromatic heterocycles. The monoisotopic (exact) mass is 208 g/mol. The molecule has 1 fully saturated rings. The number of halogens is 1. The minimum atomic E-state index is -1.05. The van der Waals surface area contributed by atoms with Gasteiger partial charge in [0, 0.05) is 12.5 Å². The molecular weight excluding hydrogens is 196 g/mol. The van der Waals surface area contributed by atoms with Crippen LogP contribution in [-0.4, -0.2) is 29.6 Å². The summed E-state index contributed by atoms with van der Waals surface area (Å²) in [4.78, 5) is 21.3. The van der Waals surface area contributed by atoms with E-state index >= 15 is 0 Å². The van der Waals surface area contributed by atoms with Crippen LogP contribution in [0.15, 0.2) is 0 Å². The Morgan fingerprint density at radius 1 is 1.77 bits per heavy atom. The molecule has 2 atom stereocenters. The number of nitrogens with two attached hydrogens (primary N) is 1. The second kappa shape index (κ2) is 5.04. The number of carboxylic acids is 1. The van der Waals surface area contributed by atoms with E-state index in [-0.39, 0.29) is 30.7 Å². The number of hydrogen-bond donors (Lipinski definition) is 3. The Hall–Kier alpha value is -0.810. The summed E-state index contributed by atoms with van der Waals surface area (Å²) in [6.45, 7) is 0.635. The highest BCUT2D eigenvalue weighted by Crippen LogP contribution is 2.14. The van der Waals surface area contributed by atoms with E-state index in [0.717, 1.165) is 0 Å². The predicted octanol–water partition coefficient (Wildman–Crippen LogP) is -0.654. The molecule has 0 saturated carbocycles. The normalized spacial score (nSPS) is 23.2. The molecule has 0 bridgehead atoms. The molecule has 76 valence electrons. The fraction of sp³-hybridized carbons (Fsp3) is 0.714. The highest BCUT2D eigenvalue weighted by atomic mass is 35.5. The minimum absolute atomic E-state index is 0. The lowest BCUT2D eigenvalue weighted by Gasteiger charge is -2.09. The Labute approximate surface area is 82.1 Å². The van der Waals surface area contributed by atoms with Gasteiger partial charge in [0.25, 0.3) is 0 Å². The van der Waals surface area contributed by atoms with Gasteiger partial charge in [0.2, 0.25) is 5.91 Å². The molecule has 1 aliphatic rings. The first-order valence-electron chi connectivity index (χ1n) is 3.87. The van der Waals surface area contributed by atoms with Gasteiger partial charge in [-0.25, -0.2) is 0 Å².